The summed E-state index contributed by atoms with van der Waals surface area (Å²) in [6.45, 7) is 1.67. The molecule has 62 valence electrons. The quantitative estimate of drug-likeness (QED) is 0.617. The van der Waals surface area contributed by atoms with Crippen molar-refractivity contribution in [2.24, 2.45) is 0 Å². The molecule has 1 heterocycles. The fourth-order valence-electron chi connectivity index (χ4n) is 1.25. The van der Waals surface area contributed by atoms with Crippen LogP contribution in [0, 0.1) is 0 Å². The van der Waals surface area contributed by atoms with E-state index in [9.17, 15) is 4.39 Å². The van der Waals surface area contributed by atoms with Gasteiger partial charge in [-0.1, -0.05) is 0 Å². The van der Waals surface area contributed by atoms with Crippen LogP contribution in [0.2, 0.25) is 0 Å². The predicted molar refractivity (Wildman–Crippen MR) is 39.8 cm³/mol. The molecule has 2 rings (SSSR count). The van der Waals surface area contributed by atoms with Gasteiger partial charge in [0.25, 0.3) is 0 Å². The van der Waals surface area contributed by atoms with E-state index in [1.807, 2.05) is 18.1 Å². The van der Waals surface area contributed by atoms with E-state index in [1.54, 1.807) is 0 Å². The van der Waals surface area contributed by atoms with Crippen LogP contribution in [0.3, 0.4) is 0 Å². The van der Waals surface area contributed by atoms with Crippen molar-refractivity contribution in [3.8, 4) is 0 Å². The molecule has 1 fully saturated rings. The third kappa shape index (κ3) is 0.976. The molecule has 2 N–H and O–H groups in total. The molecule has 2 aliphatic rings. The Bertz CT molecular complexity index is 198. The first-order chi connectivity index (χ1) is 5.27. The number of hydrogen-bond donors (Lipinski definition) is 2. The van der Waals surface area contributed by atoms with Gasteiger partial charge in [-0.3, -0.25) is 5.01 Å². The summed E-state index contributed by atoms with van der Waals surface area (Å²) in [5.74, 6) is 0. The molecule has 0 spiro atoms. The minimum Gasteiger partial charge on any atom is -0.307 e. The van der Waals surface area contributed by atoms with Crippen LogP contribution in [-0.4, -0.2) is 17.2 Å². The molecule has 0 unspecified atom stereocenters. The zero-order chi connectivity index (χ0) is 7.90. The van der Waals surface area contributed by atoms with Crippen LogP contribution >= 0.6 is 0 Å². The summed E-state index contributed by atoms with van der Waals surface area (Å²) in [6.07, 6.45) is 3.80. The van der Waals surface area contributed by atoms with Crippen LogP contribution in [0.25, 0.3) is 0 Å². The van der Waals surface area contributed by atoms with E-state index in [4.69, 9.17) is 0 Å². The normalized spacial score (nSPS) is 26.4. The molecule has 1 aliphatic carbocycles. The standard InChI is InChI=1S/C7H12FN3/c1-6-4-11(10-9-6)7(5-8)2-3-7/h4,9-10H,2-3,5H2,1H3. The largest absolute Gasteiger partial charge is 0.307 e. The Labute approximate surface area is 65.2 Å². The molecule has 0 aromatic carbocycles. The Morgan fingerprint density at radius 2 is 2.45 bits per heavy atom. The number of nitrogens with zero attached hydrogens (tertiary/aromatic N) is 1. The van der Waals surface area contributed by atoms with Crippen LogP contribution in [-0.2, 0) is 0 Å². The van der Waals surface area contributed by atoms with Gasteiger partial charge in [-0.05, 0) is 19.8 Å². The number of nitrogens with one attached hydrogen (secondary N) is 2. The predicted octanol–water partition coefficient (Wildman–Crippen LogP) is 0.675. The van der Waals surface area contributed by atoms with Gasteiger partial charge in [0.2, 0.25) is 0 Å². The van der Waals surface area contributed by atoms with Gasteiger partial charge in [0.05, 0.1) is 5.54 Å². The van der Waals surface area contributed by atoms with Gasteiger partial charge >= 0.3 is 0 Å². The lowest BCUT2D eigenvalue weighted by molar-refractivity contribution is 0.146. The molecule has 0 atom stereocenters. The van der Waals surface area contributed by atoms with Crippen molar-refractivity contribution in [1.29, 1.82) is 0 Å². The Morgan fingerprint density at radius 3 is 2.82 bits per heavy atom. The summed E-state index contributed by atoms with van der Waals surface area (Å²) in [6, 6.07) is 0. The first-order valence-electron chi connectivity index (χ1n) is 3.82. The van der Waals surface area contributed by atoms with E-state index < -0.39 is 0 Å². The van der Waals surface area contributed by atoms with Gasteiger partial charge in [-0.25, -0.2) is 4.39 Å². The highest BCUT2D eigenvalue weighted by Crippen LogP contribution is 2.41. The first-order valence-corrected chi connectivity index (χ1v) is 3.82. The zero-order valence-electron chi connectivity index (χ0n) is 6.52. The van der Waals surface area contributed by atoms with E-state index in [0.29, 0.717) is 0 Å². The monoisotopic (exact) mass is 157 g/mol. The molecule has 3 nitrogen and oxygen atoms in total. The highest BCUT2D eigenvalue weighted by molar-refractivity contribution is 5.10. The summed E-state index contributed by atoms with van der Waals surface area (Å²) in [4.78, 5) is 0. The second-order valence-electron chi connectivity index (χ2n) is 3.28. The highest BCUT2D eigenvalue weighted by atomic mass is 19.1. The molecular formula is C7H12FN3. The maximum Gasteiger partial charge on any atom is 0.114 e. The molecule has 11 heavy (non-hydrogen) atoms. The molecule has 4 heteroatoms. The third-order valence-corrected chi connectivity index (χ3v) is 2.28. The lowest BCUT2D eigenvalue weighted by Crippen LogP contribution is -2.45. The van der Waals surface area contributed by atoms with Gasteiger partial charge in [0, 0.05) is 11.9 Å². The molecule has 1 aliphatic heterocycles. The smallest absolute Gasteiger partial charge is 0.114 e. The number of rotatable bonds is 2. The fraction of sp³-hybridized carbons (Fsp3) is 0.714. The van der Waals surface area contributed by atoms with Crippen LogP contribution in [0.15, 0.2) is 11.9 Å². The Hall–Kier alpha value is -0.770. The Morgan fingerprint density at radius 1 is 1.73 bits per heavy atom. The number of alkyl halides is 1. The van der Waals surface area contributed by atoms with Gasteiger partial charge in [-0.2, -0.15) is 0 Å². The second kappa shape index (κ2) is 2.11. The second-order valence-corrected chi connectivity index (χ2v) is 3.28. The average molecular weight is 157 g/mol. The molecule has 0 aromatic heterocycles. The van der Waals surface area contributed by atoms with E-state index in [-0.39, 0.29) is 12.2 Å². The highest BCUT2D eigenvalue weighted by Gasteiger charge is 2.48. The molecule has 0 radical (unpaired) electrons. The van der Waals surface area contributed by atoms with E-state index in [0.717, 1.165) is 18.5 Å². The molecule has 0 aromatic rings. The van der Waals surface area contributed by atoms with Gasteiger partial charge in [0.1, 0.15) is 6.67 Å². The topological polar surface area (TPSA) is 27.3 Å². The number of allylic oxidation sites excluding steroid dienone is 1. The van der Waals surface area contributed by atoms with Crippen molar-refractivity contribution in [3.05, 3.63) is 11.9 Å². The van der Waals surface area contributed by atoms with Crippen molar-refractivity contribution in [1.82, 2.24) is 16.0 Å². The lowest BCUT2D eigenvalue weighted by atomic mass is 10.3. The first kappa shape index (κ1) is 6.91. The van der Waals surface area contributed by atoms with Crippen LogP contribution in [0.1, 0.15) is 19.8 Å². The number of hydrazine groups is 2. The van der Waals surface area contributed by atoms with Gasteiger partial charge < -0.3 is 5.43 Å². The van der Waals surface area contributed by atoms with Crippen LogP contribution < -0.4 is 11.0 Å². The van der Waals surface area contributed by atoms with Crippen molar-refractivity contribution < 1.29 is 4.39 Å². The summed E-state index contributed by atoms with van der Waals surface area (Å²) in [7, 11) is 0. The average Bonchev–Trinajstić information content (AvgIpc) is 2.70. The Kier molecular flexibility index (Phi) is 1.32. The Balaban J connectivity index is 2.06. The van der Waals surface area contributed by atoms with E-state index in [2.05, 4.69) is 11.0 Å². The van der Waals surface area contributed by atoms with Crippen molar-refractivity contribution in [2.45, 2.75) is 25.3 Å². The molecular weight excluding hydrogens is 145 g/mol. The molecule has 0 bridgehead atoms. The summed E-state index contributed by atoms with van der Waals surface area (Å²) in [5, 5.41) is 1.84. The lowest BCUT2D eigenvalue weighted by Gasteiger charge is -2.23. The maximum absolute atomic E-state index is 12.5. The van der Waals surface area contributed by atoms with Crippen molar-refractivity contribution >= 4 is 0 Å². The van der Waals surface area contributed by atoms with Gasteiger partial charge in [0.15, 0.2) is 0 Å². The molecule has 0 amide bonds. The SMILES string of the molecule is CC1=CN(C2(CF)CC2)NN1. The summed E-state index contributed by atoms with van der Waals surface area (Å²) >= 11 is 0. The van der Waals surface area contributed by atoms with Crippen molar-refractivity contribution in [3.63, 3.8) is 0 Å². The number of halogens is 1. The summed E-state index contributed by atoms with van der Waals surface area (Å²) in [5.41, 5.74) is 6.63. The minimum atomic E-state index is -0.272. The van der Waals surface area contributed by atoms with Crippen molar-refractivity contribution in [2.75, 3.05) is 6.67 Å². The summed E-state index contributed by atoms with van der Waals surface area (Å²) < 4.78 is 12.5. The fourth-order valence-corrected chi connectivity index (χ4v) is 1.25. The van der Waals surface area contributed by atoms with E-state index in [1.165, 1.54) is 0 Å². The number of hydrogen-bond acceptors (Lipinski definition) is 3. The molecule has 0 saturated heterocycles. The van der Waals surface area contributed by atoms with E-state index >= 15 is 0 Å². The molecule has 1 saturated carbocycles. The van der Waals surface area contributed by atoms with Crippen LogP contribution in [0.5, 0.6) is 0 Å². The minimum absolute atomic E-state index is 0.231. The maximum atomic E-state index is 12.5. The zero-order valence-corrected chi connectivity index (χ0v) is 6.52. The van der Waals surface area contributed by atoms with Gasteiger partial charge in [-0.15, -0.1) is 5.53 Å². The van der Waals surface area contributed by atoms with Crippen LogP contribution in [0.4, 0.5) is 4.39 Å². The third-order valence-electron chi connectivity index (χ3n) is 2.28.